The molecule has 2 aromatic carbocycles. The molecule has 1 N–H and O–H groups in total. The fraction of sp³-hybridized carbons (Fsp3) is 0.400. The first-order chi connectivity index (χ1) is 11.3. The lowest BCUT2D eigenvalue weighted by Gasteiger charge is -2.28. The van der Waals surface area contributed by atoms with Gasteiger partial charge >= 0.3 is 0 Å². The molecule has 1 aliphatic rings. The summed E-state index contributed by atoms with van der Waals surface area (Å²) in [6, 6.07) is 19.4. The molecule has 122 valence electrons. The van der Waals surface area contributed by atoms with E-state index < -0.39 is 0 Å². The van der Waals surface area contributed by atoms with Gasteiger partial charge in [-0.1, -0.05) is 42.5 Å². The van der Waals surface area contributed by atoms with Crippen LogP contribution in [0.25, 0.3) is 0 Å². The SMILES string of the molecule is COc1ccc(CC(c2ccccc2)N2CCC(CO)C2)cc1. The van der Waals surface area contributed by atoms with E-state index in [0.29, 0.717) is 18.6 Å². The molecule has 2 unspecified atom stereocenters. The largest absolute Gasteiger partial charge is 0.497 e. The van der Waals surface area contributed by atoms with Crippen LogP contribution in [-0.2, 0) is 6.42 Å². The first-order valence-electron chi connectivity index (χ1n) is 8.33. The molecule has 0 aliphatic carbocycles. The molecule has 3 heteroatoms. The molecule has 1 fully saturated rings. The third-order valence-electron chi connectivity index (χ3n) is 4.79. The third kappa shape index (κ3) is 3.92. The van der Waals surface area contributed by atoms with Crippen LogP contribution in [0.1, 0.15) is 23.6 Å². The Morgan fingerprint density at radius 2 is 1.87 bits per heavy atom. The molecular weight excluding hydrogens is 286 g/mol. The number of nitrogens with zero attached hydrogens (tertiary/aromatic N) is 1. The number of aliphatic hydroxyl groups is 1. The summed E-state index contributed by atoms with van der Waals surface area (Å²) in [4.78, 5) is 2.51. The monoisotopic (exact) mass is 311 g/mol. The van der Waals surface area contributed by atoms with E-state index in [0.717, 1.165) is 31.7 Å². The van der Waals surface area contributed by atoms with Gasteiger partial charge < -0.3 is 9.84 Å². The Morgan fingerprint density at radius 3 is 2.48 bits per heavy atom. The average Bonchev–Trinajstić information content (AvgIpc) is 3.10. The van der Waals surface area contributed by atoms with Gasteiger partial charge in [-0.3, -0.25) is 4.90 Å². The molecular formula is C20H25NO2. The smallest absolute Gasteiger partial charge is 0.118 e. The molecule has 1 aliphatic heterocycles. The van der Waals surface area contributed by atoms with Crippen molar-refractivity contribution in [3.8, 4) is 5.75 Å². The molecule has 1 saturated heterocycles. The number of likely N-dealkylation sites (tertiary alicyclic amines) is 1. The predicted molar refractivity (Wildman–Crippen MR) is 92.6 cm³/mol. The van der Waals surface area contributed by atoms with Crippen LogP contribution in [0.4, 0.5) is 0 Å². The van der Waals surface area contributed by atoms with Crippen molar-refractivity contribution in [3.63, 3.8) is 0 Å². The van der Waals surface area contributed by atoms with Crippen LogP contribution in [0.15, 0.2) is 54.6 Å². The van der Waals surface area contributed by atoms with Gasteiger partial charge in [0, 0.05) is 19.2 Å². The molecule has 0 aromatic heterocycles. The maximum absolute atomic E-state index is 9.44. The van der Waals surface area contributed by atoms with Crippen molar-refractivity contribution in [3.05, 3.63) is 65.7 Å². The van der Waals surface area contributed by atoms with E-state index in [1.54, 1.807) is 7.11 Å². The van der Waals surface area contributed by atoms with Gasteiger partial charge in [-0.2, -0.15) is 0 Å². The minimum atomic E-state index is 0.292. The average molecular weight is 311 g/mol. The second-order valence-corrected chi connectivity index (χ2v) is 6.31. The number of methoxy groups -OCH3 is 1. The molecule has 0 spiro atoms. The Hall–Kier alpha value is -1.84. The lowest BCUT2D eigenvalue weighted by Crippen LogP contribution is -2.28. The molecule has 3 rings (SSSR count). The molecule has 0 amide bonds. The molecule has 23 heavy (non-hydrogen) atoms. The number of benzene rings is 2. The second-order valence-electron chi connectivity index (χ2n) is 6.31. The zero-order chi connectivity index (χ0) is 16.1. The van der Waals surface area contributed by atoms with Crippen molar-refractivity contribution < 1.29 is 9.84 Å². The quantitative estimate of drug-likeness (QED) is 0.888. The number of hydrogen-bond acceptors (Lipinski definition) is 3. The highest BCUT2D eigenvalue weighted by Crippen LogP contribution is 2.30. The van der Waals surface area contributed by atoms with E-state index >= 15 is 0 Å². The lowest BCUT2D eigenvalue weighted by molar-refractivity contribution is 0.197. The van der Waals surface area contributed by atoms with Crippen molar-refractivity contribution >= 4 is 0 Å². The first kappa shape index (κ1) is 16.0. The summed E-state index contributed by atoms with van der Waals surface area (Å²) >= 11 is 0. The van der Waals surface area contributed by atoms with E-state index in [-0.39, 0.29) is 0 Å². The van der Waals surface area contributed by atoms with E-state index in [9.17, 15) is 5.11 Å². The van der Waals surface area contributed by atoms with E-state index in [1.165, 1.54) is 11.1 Å². The van der Waals surface area contributed by atoms with Gasteiger partial charge in [0.2, 0.25) is 0 Å². The van der Waals surface area contributed by atoms with Crippen molar-refractivity contribution in [1.82, 2.24) is 4.90 Å². The fourth-order valence-corrected chi connectivity index (χ4v) is 3.41. The Morgan fingerprint density at radius 1 is 1.13 bits per heavy atom. The minimum absolute atomic E-state index is 0.292. The highest BCUT2D eigenvalue weighted by Gasteiger charge is 2.28. The third-order valence-corrected chi connectivity index (χ3v) is 4.79. The normalized spacial score (nSPS) is 19.7. The van der Waals surface area contributed by atoms with E-state index in [2.05, 4.69) is 47.4 Å². The van der Waals surface area contributed by atoms with Crippen LogP contribution in [0.2, 0.25) is 0 Å². The fourth-order valence-electron chi connectivity index (χ4n) is 3.41. The Labute approximate surface area is 138 Å². The van der Waals surface area contributed by atoms with E-state index in [4.69, 9.17) is 4.74 Å². The zero-order valence-corrected chi connectivity index (χ0v) is 13.7. The summed E-state index contributed by atoms with van der Waals surface area (Å²) in [5.74, 6) is 1.31. The summed E-state index contributed by atoms with van der Waals surface area (Å²) < 4.78 is 5.25. The Balaban J connectivity index is 1.80. The van der Waals surface area contributed by atoms with Crippen LogP contribution in [0, 0.1) is 5.92 Å². The molecule has 0 saturated carbocycles. The Bertz CT molecular complexity index is 597. The van der Waals surface area contributed by atoms with Crippen LogP contribution in [0.3, 0.4) is 0 Å². The van der Waals surface area contributed by atoms with Crippen LogP contribution in [-0.4, -0.2) is 36.8 Å². The zero-order valence-electron chi connectivity index (χ0n) is 13.7. The summed E-state index contributed by atoms with van der Waals surface area (Å²) in [5.41, 5.74) is 2.66. The van der Waals surface area contributed by atoms with Crippen LogP contribution < -0.4 is 4.74 Å². The number of ether oxygens (including phenoxy) is 1. The van der Waals surface area contributed by atoms with Gasteiger partial charge in [-0.25, -0.2) is 0 Å². The number of rotatable bonds is 6. The van der Waals surface area contributed by atoms with Crippen molar-refractivity contribution in [1.29, 1.82) is 0 Å². The van der Waals surface area contributed by atoms with Gasteiger partial charge in [0.15, 0.2) is 0 Å². The lowest BCUT2D eigenvalue weighted by atomic mass is 9.97. The van der Waals surface area contributed by atoms with Gasteiger partial charge in [-0.15, -0.1) is 0 Å². The minimum Gasteiger partial charge on any atom is -0.497 e. The molecule has 2 aromatic rings. The van der Waals surface area contributed by atoms with Crippen molar-refractivity contribution in [2.75, 3.05) is 26.8 Å². The highest BCUT2D eigenvalue weighted by molar-refractivity contribution is 5.29. The van der Waals surface area contributed by atoms with Crippen LogP contribution in [0.5, 0.6) is 5.75 Å². The summed E-state index contributed by atoms with van der Waals surface area (Å²) in [6.45, 7) is 2.33. The highest BCUT2D eigenvalue weighted by atomic mass is 16.5. The van der Waals surface area contributed by atoms with Gasteiger partial charge in [0.1, 0.15) is 5.75 Å². The van der Waals surface area contributed by atoms with Gasteiger partial charge in [-0.05, 0) is 48.6 Å². The topological polar surface area (TPSA) is 32.7 Å². The number of hydrogen-bond donors (Lipinski definition) is 1. The second kappa shape index (κ2) is 7.62. The molecule has 0 bridgehead atoms. The van der Waals surface area contributed by atoms with Crippen LogP contribution >= 0.6 is 0 Å². The Kier molecular flexibility index (Phi) is 5.31. The van der Waals surface area contributed by atoms with E-state index in [1.807, 2.05) is 12.1 Å². The predicted octanol–water partition coefficient (Wildman–Crippen LogP) is 3.29. The number of aliphatic hydroxyl groups excluding tert-OH is 1. The standard InChI is InChI=1S/C20H25NO2/c1-23-19-9-7-16(8-10-19)13-20(18-5-3-2-4-6-18)21-12-11-17(14-21)15-22/h2-10,17,20,22H,11-15H2,1H3. The van der Waals surface area contributed by atoms with Gasteiger partial charge in [0.05, 0.1) is 7.11 Å². The molecule has 2 atom stereocenters. The van der Waals surface area contributed by atoms with Crippen molar-refractivity contribution in [2.45, 2.75) is 18.9 Å². The summed E-state index contributed by atoms with van der Waals surface area (Å²) in [6.07, 6.45) is 2.06. The van der Waals surface area contributed by atoms with Gasteiger partial charge in [0.25, 0.3) is 0 Å². The molecule has 0 radical (unpaired) electrons. The summed E-state index contributed by atoms with van der Waals surface area (Å²) in [7, 11) is 1.70. The molecule has 1 heterocycles. The summed E-state index contributed by atoms with van der Waals surface area (Å²) in [5, 5.41) is 9.44. The maximum Gasteiger partial charge on any atom is 0.118 e. The molecule has 3 nitrogen and oxygen atoms in total. The first-order valence-corrected chi connectivity index (χ1v) is 8.33. The van der Waals surface area contributed by atoms with Crippen molar-refractivity contribution in [2.24, 2.45) is 5.92 Å². The maximum atomic E-state index is 9.44.